The van der Waals surface area contributed by atoms with E-state index < -0.39 is 10.0 Å². The molecular formula is C12H22ClNO2S. The summed E-state index contributed by atoms with van der Waals surface area (Å²) < 4.78 is 27.3. The lowest BCUT2D eigenvalue weighted by Gasteiger charge is -2.29. The van der Waals surface area contributed by atoms with E-state index in [1.165, 1.54) is 6.42 Å². The lowest BCUT2D eigenvalue weighted by Crippen LogP contribution is -2.43. The van der Waals surface area contributed by atoms with Crippen LogP contribution in [0.25, 0.3) is 0 Å². The van der Waals surface area contributed by atoms with Gasteiger partial charge in [0, 0.05) is 11.4 Å². The molecule has 1 N–H and O–H groups in total. The van der Waals surface area contributed by atoms with E-state index >= 15 is 0 Å². The molecule has 2 fully saturated rings. The maximum absolute atomic E-state index is 12.2. The third-order valence-electron chi connectivity index (χ3n) is 3.98. The van der Waals surface area contributed by atoms with E-state index in [0.717, 1.165) is 51.4 Å². The Morgan fingerprint density at radius 2 is 1.47 bits per heavy atom. The first-order valence-corrected chi connectivity index (χ1v) is 8.71. The van der Waals surface area contributed by atoms with Crippen LogP contribution in [-0.4, -0.2) is 25.1 Å². The van der Waals surface area contributed by atoms with Gasteiger partial charge in [0.2, 0.25) is 10.0 Å². The highest BCUT2D eigenvalue weighted by Gasteiger charge is 2.30. The van der Waals surface area contributed by atoms with E-state index in [2.05, 4.69) is 4.72 Å². The highest BCUT2D eigenvalue weighted by molar-refractivity contribution is 7.90. The fraction of sp³-hybridized carbons (Fsp3) is 1.00. The molecule has 5 heteroatoms. The Bertz CT molecular complexity index is 330. The third-order valence-corrected chi connectivity index (χ3v) is 6.43. The molecule has 0 aliphatic heterocycles. The molecule has 2 saturated carbocycles. The average molecular weight is 280 g/mol. The molecule has 0 radical (unpaired) electrons. The van der Waals surface area contributed by atoms with Gasteiger partial charge in [-0.25, -0.2) is 13.1 Å². The third kappa shape index (κ3) is 3.83. The summed E-state index contributed by atoms with van der Waals surface area (Å²) in [6.45, 7) is 0. The van der Waals surface area contributed by atoms with Crippen LogP contribution < -0.4 is 4.72 Å². The fourth-order valence-corrected chi connectivity index (χ4v) is 4.97. The van der Waals surface area contributed by atoms with Crippen molar-refractivity contribution in [1.29, 1.82) is 0 Å². The van der Waals surface area contributed by atoms with Gasteiger partial charge in [0.25, 0.3) is 0 Å². The van der Waals surface area contributed by atoms with Crippen molar-refractivity contribution in [3.05, 3.63) is 0 Å². The highest BCUT2D eigenvalue weighted by Crippen LogP contribution is 2.26. The molecule has 0 atom stereocenters. The van der Waals surface area contributed by atoms with Gasteiger partial charge in [0.05, 0.1) is 5.25 Å². The van der Waals surface area contributed by atoms with E-state index in [9.17, 15) is 8.42 Å². The minimum atomic E-state index is -3.09. The van der Waals surface area contributed by atoms with E-state index in [-0.39, 0.29) is 16.7 Å². The second-order valence-electron chi connectivity index (χ2n) is 5.37. The fourth-order valence-electron chi connectivity index (χ4n) is 2.87. The van der Waals surface area contributed by atoms with Gasteiger partial charge in [0.15, 0.2) is 0 Å². The Balaban J connectivity index is 1.88. The summed E-state index contributed by atoms with van der Waals surface area (Å²) in [5.41, 5.74) is 0. The average Bonchev–Trinajstić information content (AvgIpc) is 2.33. The predicted octanol–water partition coefficient (Wildman–Crippen LogP) is 2.79. The van der Waals surface area contributed by atoms with Crippen molar-refractivity contribution in [2.24, 2.45) is 0 Å². The van der Waals surface area contributed by atoms with Crippen molar-refractivity contribution in [3.63, 3.8) is 0 Å². The Morgan fingerprint density at radius 1 is 0.882 bits per heavy atom. The largest absolute Gasteiger partial charge is 0.214 e. The van der Waals surface area contributed by atoms with E-state index in [0.29, 0.717) is 0 Å². The van der Waals surface area contributed by atoms with Crippen molar-refractivity contribution >= 4 is 21.6 Å². The van der Waals surface area contributed by atoms with Crippen molar-refractivity contribution in [2.75, 3.05) is 0 Å². The molecule has 0 aromatic heterocycles. The standard InChI is InChI=1S/C12H22ClNO2S/c13-10-6-8-11(9-7-10)14-17(15,16)12-4-2-1-3-5-12/h10-12,14H,1-9H2. The number of rotatable bonds is 3. The van der Waals surface area contributed by atoms with Crippen molar-refractivity contribution in [2.45, 2.75) is 74.5 Å². The normalized spacial score (nSPS) is 32.5. The van der Waals surface area contributed by atoms with E-state index in [1.54, 1.807) is 0 Å². The predicted molar refractivity (Wildman–Crippen MR) is 70.8 cm³/mol. The lowest BCUT2D eigenvalue weighted by atomic mass is 9.96. The molecule has 0 aromatic carbocycles. The SMILES string of the molecule is O=S(=O)(NC1CCC(Cl)CC1)C1CCCCC1. The zero-order valence-corrected chi connectivity index (χ0v) is 11.8. The highest BCUT2D eigenvalue weighted by atomic mass is 35.5. The van der Waals surface area contributed by atoms with Crippen LogP contribution in [0, 0.1) is 0 Å². The first-order chi connectivity index (χ1) is 8.08. The molecule has 0 heterocycles. The molecule has 2 rings (SSSR count). The Kier molecular flexibility index (Phi) is 4.72. The van der Waals surface area contributed by atoms with Crippen molar-refractivity contribution in [1.82, 2.24) is 4.72 Å². The zero-order valence-electron chi connectivity index (χ0n) is 10.2. The summed E-state index contributed by atoms with van der Waals surface area (Å²) in [6, 6.07) is 0.122. The number of hydrogen-bond acceptors (Lipinski definition) is 2. The summed E-state index contributed by atoms with van der Waals surface area (Å²) in [4.78, 5) is 0. The maximum atomic E-state index is 12.2. The van der Waals surface area contributed by atoms with Gasteiger partial charge in [-0.3, -0.25) is 0 Å². The summed E-state index contributed by atoms with van der Waals surface area (Å²) in [6.07, 6.45) is 8.60. The van der Waals surface area contributed by atoms with Crippen LogP contribution in [0.5, 0.6) is 0 Å². The smallest absolute Gasteiger partial charge is 0.212 e. The second kappa shape index (κ2) is 5.89. The molecule has 0 unspecified atom stereocenters. The Hall–Kier alpha value is 0.200. The number of halogens is 1. The van der Waals surface area contributed by atoms with Gasteiger partial charge in [-0.05, 0) is 38.5 Å². The molecule has 2 aliphatic rings. The number of nitrogens with one attached hydrogen (secondary N) is 1. The summed E-state index contributed by atoms with van der Waals surface area (Å²) in [7, 11) is -3.09. The van der Waals surface area contributed by atoms with Crippen LogP contribution in [0.15, 0.2) is 0 Å². The van der Waals surface area contributed by atoms with E-state index in [1.807, 2.05) is 0 Å². The first-order valence-electron chi connectivity index (χ1n) is 6.73. The minimum absolute atomic E-state index is 0.122. The van der Waals surface area contributed by atoms with Crippen LogP contribution in [0.1, 0.15) is 57.8 Å². The monoisotopic (exact) mass is 279 g/mol. The minimum Gasteiger partial charge on any atom is -0.212 e. The van der Waals surface area contributed by atoms with E-state index in [4.69, 9.17) is 11.6 Å². The second-order valence-corrected chi connectivity index (χ2v) is 7.98. The summed E-state index contributed by atoms with van der Waals surface area (Å²) in [5.74, 6) is 0. The molecule has 0 spiro atoms. The van der Waals surface area contributed by atoms with Gasteiger partial charge in [0.1, 0.15) is 0 Å². The summed E-state index contributed by atoms with van der Waals surface area (Å²) >= 11 is 6.02. The molecule has 2 aliphatic carbocycles. The topological polar surface area (TPSA) is 46.2 Å². The van der Waals surface area contributed by atoms with Gasteiger partial charge < -0.3 is 0 Å². The first kappa shape index (κ1) is 13.6. The molecular weight excluding hydrogens is 258 g/mol. The van der Waals surface area contributed by atoms with Gasteiger partial charge in [-0.1, -0.05) is 19.3 Å². The lowest BCUT2D eigenvalue weighted by molar-refractivity contribution is 0.407. The number of hydrogen-bond donors (Lipinski definition) is 1. The van der Waals surface area contributed by atoms with Crippen LogP contribution in [0.2, 0.25) is 0 Å². The van der Waals surface area contributed by atoms with Crippen LogP contribution in [-0.2, 0) is 10.0 Å². The van der Waals surface area contributed by atoms with Gasteiger partial charge >= 0.3 is 0 Å². The van der Waals surface area contributed by atoms with Gasteiger partial charge in [-0.15, -0.1) is 11.6 Å². The number of alkyl halides is 1. The number of sulfonamides is 1. The molecule has 0 bridgehead atoms. The van der Waals surface area contributed by atoms with Crippen molar-refractivity contribution < 1.29 is 8.42 Å². The van der Waals surface area contributed by atoms with Crippen LogP contribution in [0.3, 0.4) is 0 Å². The Labute approximate surface area is 109 Å². The Morgan fingerprint density at radius 3 is 2.06 bits per heavy atom. The van der Waals surface area contributed by atoms with Crippen molar-refractivity contribution in [3.8, 4) is 0 Å². The zero-order chi connectivity index (χ0) is 12.3. The summed E-state index contributed by atoms with van der Waals surface area (Å²) in [5, 5.41) is 0.0930. The molecule has 17 heavy (non-hydrogen) atoms. The van der Waals surface area contributed by atoms with Crippen LogP contribution >= 0.6 is 11.6 Å². The molecule has 0 saturated heterocycles. The molecule has 100 valence electrons. The molecule has 3 nitrogen and oxygen atoms in total. The van der Waals surface area contributed by atoms with Crippen LogP contribution in [0.4, 0.5) is 0 Å². The maximum Gasteiger partial charge on any atom is 0.214 e. The molecule has 0 amide bonds. The molecule has 0 aromatic rings. The van der Waals surface area contributed by atoms with Gasteiger partial charge in [-0.2, -0.15) is 0 Å². The quantitative estimate of drug-likeness (QED) is 0.808.